The van der Waals surface area contributed by atoms with E-state index in [1.165, 1.54) is 12.1 Å². The summed E-state index contributed by atoms with van der Waals surface area (Å²) in [5.74, 6) is 0.506. The third-order valence-corrected chi connectivity index (χ3v) is 6.18. The molecule has 0 saturated heterocycles. The van der Waals surface area contributed by atoms with E-state index in [9.17, 15) is 13.2 Å². The van der Waals surface area contributed by atoms with E-state index in [0.717, 1.165) is 24.0 Å². The number of carbonyl (C=O) groups excluding carboxylic acids is 1. The van der Waals surface area contributed by atoms with Gasteiger partial charge in [-0.3, -0.25) is 4.79 Å². The molecule has 3 aromatic rings. The molecule has 0 bridgehead atoms. The Morgan fingerprint density at radius 2 is 1.90 bits per heavy atom. The molecule has 0 radical (unpaired) electrons. The molecule has 30 heavy (non-hydrogen) atoms. The van der Waals surface area contributed by atoms with E-state index in [-0.39, 0.29) is 29.7 Å². The second-order valence-corrected chi connectivity index (χ2v) is 9.05. The van der Waals surface area contributed by atoms with Gasteiger partial charge in [-0.2, -0.15) is 0 Å². The number of carbonyl (C=O) groups is 1. The number of hydrogen-bond donors (Lipinski definition) is 2. The van der Waals surface area contributed by atoms with Gasteiger partial charge in [0.15, 0.2) is 0 Å². The summed E-state index contributed by atoms with van der Waals surface area (Å²) in [5, 5.41) is 10.7. The van der Waals surface area contributed by atoms with Gasteiger partial charge in [0.1, 0.15) is 0 Å². The zero-order chi connectivity index (χ0) is 21.1. The molecule has 9 heteroatoms. The van der Waals surface area contributed by atoms with Crippen LogP contribution in [-0.4, -0.2) is 30.6 Å². The average molecular weight is 426 g/mol. The lowest BCUT2D eigenvalue weighted by Crippen LogP contribution is -2.25. The van der Waals surface area contributed by atoms with Crippen molar-refractivity contribution in [3.63, 3.8) is 0 Å². The molecule has 0 aliphatic heterocycles. The molecule has 4 rings (SSSR count). The molecule has 156 valence electrons. The van der Waals surface area contributed by atoms with Gasteiger partial charge in [-0.05, 0) is 50.1 Å². The van der Waals surface area contributed by atoms with Gasteiger partial charge in [0.2, 0.25) is 27.7 Å². The molecule has 0 spiro atoms. The molecule has 1 fully saturated rings. The molecule has 2 aromatic carbocycles. The fraction of sp³-hybridized carbons (Fsp3) is 0.286. The Morgan fingerprint density at radius 3 is 2.63 bits per heavy atom. The second-order valence-electron chi connectivity index (χ2n) is 7.34. The van der Waals surface area contributed by atoms with Crippen molar-refractivity contribution >= 4 is 21.6 Å². The fourth-order valence-electron chi connectivity index (χ4n) is 2.84. The number of aromatic nitrogens is 2. The average Bonchev–Trinajstić information content (AvgIpc) is 3.39. The third-order valence-electron chi connectivity index (χ3n) is 4.66. The van der Waals surface area contributed by atoms with Gasteiger partial charge in [-0.15, -0.1) is 10.2 Å². The van der Waals surface area contributed by atoms with Crippen molar-refractivity contribution < 1.29 is 17.6 Å². The maximum Gasteiger partial charge on any atom is 0.247 e. The molecule has 1 aromatic heterocycles. The van der Waals surface area contributed by atoms with Gasteiger partial charge in [0.25, 0.3) is 0 Å². The molecule has 1 amide bonds. The highest BCUT2D eigenvalue weighted by Crippen LogP contribution is 2.23. The van der Waals surface area contributed by atoms with E-state index in [2.05, 4.69) is 20.2 Å². The Labute approximate surface area is 174 Å². The maximum absolute atomic E-state index is 12.3. The van der Waals surface area contributed by atoms with Crippen molar-refractivity contribution in [2.45, 2.75) is 43.5 Å². The second kappa shape index (κ2) is 8.37. The van der Waals surface area contributed by atoms with Crippen LogP contribution < -0.4 is 10.0 Å². The summed E-state index contributed by atoms with van der Waals surface area (Å²) in [6, 6.07) is 13.9. The topological polar surface area (TPSA) is 114 Å². The van der Waals surface area contributed by atoms with Crippen molar-refractivity contribution in [3.05, 3.63) is 60.0 Å². The number of rotatable bonds is 8. The molecule has 1 heterocycles. The molecular formula is C21H22N4O4S. The first-order valence-electron chi connectivity index (χ1n) is 9.71. The monoisotopic (exact) mass is 426 g/mol. The maximum atomic E-state index is 12.3. The van der Waals surface area contributed by atoms with Crippen LogP contribution >= 0.6 is 0 Å². The Hall–Kier alpha value is -3.04. The lowest BCUT2D eigenvalue weighted by atomic mass is 10.1. The first-order valence-corrected chi connectivity index (χ1v) is 11.2. The zero-order valence-electron chi connectivity index (χ0n) is 16.5. The lowest BCUT2D eigenvalue weighted by Gasteiger charge is -2.08. The van der Waals surface area contributed by atoms with Crippen LogP contribution in [0.25, 0.3) is 11.5 Å². The predicted octanol–water partition coefficient (Wildman–Crippen LogP) is 3.06. The summed E-state index contributed by atoms with van der Waals surface area (Å²) in [4.78, 5) is 12.4. The molecule has 8 nitrogen and oxygen atoms in total. The van der Waals surface area contributed by atoms with Crippen molar-refractivity contribution in [3.8, 4) is 11.5 Å². The molecule has 1 saturated carbocycles. The molecule has 0 atom stereocenters. The van der Waals surface area contributed by atoms with Gasteiger partial charge in [-0.1, -0.05) is 23.8 Å². The van der Waals surface area contributed by atoms with Crippen molar-refractivity contribution in [2.75, 3.05) is 5.32 Å². The largest absolute Gasteiger partial charge is 0.421 e. The summed E-state index contributed by atoms with van der Waals surface area (Å²) in [6.45, 7) is 2.00. The highest BCUT2D eigenvalue weighted by Gasteiger charge is 2.28. The molecule has 0 unspecified atom stereocenters. The standard InChI is InChI=1S/C21H22N4O4S/c1-14-5-7-15(8-6-14)21-24-23-20(29-21)12-11-19(26)22-17-3-2-4-18(13-17)30(27,28)25-16-9-10-16/h2-8,13,16,25H,9-12H2,1H3,(H,22,26). The van der Waals surface area contributed by atoms with Crippen LogP contribution in [0, 0.1) is 6.92 Å². The quantitative estimate of drug-likeness (QED) is 0.572. The Morgan fingerprint density at radius 1 is 1.13 bits per heavy atom. The fourth-order valence-corrected chi connectivity index (χ4v) is 4.19. The van der Waals surface area contributed by atoms with E-state index in [1.807, 2.05) is 31.2 Å². The van der Waals surface area contributed by atoms with E-state index in [0.29, 0.717) is 17.5 Å². The SMILES string of the molecule is Cc1ccc(-c2nnc(CCC(=O)Nc3cccc(S(=O)(=O)NC4CC4)c3)o2)cc1. The van der Waals surface area contributed by atoms with Crippen LogP contribution in [0.4, 0.5) is 5.69 Å². The zero-order valence-corrected chi connectivity index (χ0v) is 17.3. The first kappa shape index (κ1) is 20.2. The number of hydrogen-bond acceptors (Lipinski definition) is 6. The molecule has 2 N–H and O–H groups in total. The van der Waals surface area contributed by atoms with Gasteiger partial charge >= 0.3 is 0 Å². The summed E-state index contributed by atoms with van der Waals surface area (Å²) in [6.07, 6.45) is 2.13. The minimum Gasteiger partial charge on any atom is -0.421 e. The summed E-state index contributed by atoms with van der Waals surface area (Å²) < 4.78 is 32.9. The van der Waals surface area contributed by atoms with Gasteiger partial charge < -0.3 is 9.73 Å². The number of benzene rings is 2. The van der Waals surface area contributed by atoms with Gasteiger partial charge in [0, 0.05) is 30.1 Å². The van der Waals surface area contributed by atoms with Crippen LogP contribution in [0.2, 0.25) is 0 Å². The van der Waals surface area contributed by atoms with Gasteiger partial charge in [-0.25, -0.2) is 13.1 Å². The highest BCUT2D eigenvalue weighted by molar-refractivity contribution is 7.89. The van der Waals surface area contributed by atoms with Crippen LogP contribution in [0.15, 0.2) is 57.8 Å². The highest BCUT2D eigenvalue weighted by atomic mass is 32.2. The van der Waals surface area contributed by atoms with Crippen molar-refractivity contribution in [1.82, 2.24) is 14.9 Å². The van der Waals surface area contributed by atoms with Crippen LogP contribution in [0.3, 0.4) is 0 Å². The molecular weight excluding hydrogens is 404 g/mol. The number of aryl methyl sites for hydroxylation is 2. The number of amides is 1. The van der Waals surface area contributed by atoms with Crippen molar-refractivity contribution in [2.24, 2.45) is 0 Å². The first-order chi connectivity index (χ1) is 14.4. The Balaban J connectivity index is 1.34. The van der Waals surface area contributed by atoms with E-state index in [1.54, 1.807) is 12.1 Å². The van der Waals surface area contributed by atoms with Gasteiger partial charge in [0.05, 0.1) is 4.90 Å². The Kier molecular flexibility index (Phi) is 5.65. The van der Waals surface area contributed by atoms with Crippen LogP contribution in [0.1, 0.15) is 30.7 Å². The van der Waals surface area contributed by atoms with Crippen LogP contribution in [0.5, 0.6) is 0 Å². The van der Waals surface area contributed by atoms with E-state index < -0.39 is 10.0 Å². The number of sulfonamides is 1. The lowest BCUT2D eigenvalue weighted by molar-refractivity contribution is -0.116. The number of nitrogens with zero attached hydrogens (tertiary/aromatic N) is 2. The third kappa shape index (κ3) is 5.11. The van der Waals surface area contributed by atoms with E-state index in [4.69, 9.17) is 4.42 Å². The normalized spacial score (nSPS) is 13.9. The molecule has 1 aliphatic carbocycles. The summed E-state index contributed by atoms with van der Waals surface area (Å²) in [5.41, 5.74) is 2.38. The Bertz CT molecular complexity index is 1150. The van der Waals surface area contributed by atoms with E-state index >= 15 is 0 Å². The smallest absolute Gasteiger partial charge is 0.247 e. The number of anilines is 1. The van der Waals surface area contributed by atoms with Crippen molar-refractivity contribution in [1.29, 1.82) is 0 Å². The summed E-state index contributed by atoms with van der Waals surface area (Å²) >= 11 is 0. The number of nitrogens with one attached hydrogen (secondary N) is 2. The van der Waals surface area contributed by atoms with Crippen LogP contribution in [-0.2, 0) is 21.2 Å². The summed E-state index contributed by atoms with van der Waals surface area (Å²) in [7, 11) is -3.57. The molecule has 1 aliphatic rings. The minimum absolute atomic E-state index is 0.0208. The predicted molar refractivity (Wildman–Crippen MR) is 111 cm³/mol. The minimum atomic E-state index is -3.57.